The van der Waals surface area contributed by atoms with E-state index in [-0.39, 0.29) is 5.92 Å². The van der Waals surface area contributed by atoms with Gasteiger partial charge in [-0.25, -0.2) is 4.79 Å². The highest BCUT2D eigenvalue weighted by atomic mass is 16.6. The van der Waals surface area contributed by atoms with Crippen LogP contribution in [0.3, 0.4) is 0 Å². The van der Waals surface area contributed by atoms with Crippen LogP contribution in [0.2, 0.25) is 0 Å². The summed E-state index contributed by atoms with van der Waals surface area (Å²) in [6.07, 6.45) is 2.03. The van der Waals surface area contributed by atoms with Gasteiger partial charge >= 0.3 is 6.09 Å². The van der Waals surface area contributed by atoms with Crippen LogP contribution in [0.25, 0.3) is 0 Å². The van der Waals surface area contributed by atoms with Crippen molar-refractivity contribution in [2.45, 2.75) is 45.0 Å². The van der Waals surface area contributed by atoms with E-state index in [0.29, 0.717) is 0 Å². The number of nitrogens with one attached hydrogen (secondary N) is 1. The van der Waals surface area contributed by atoms with Crippen molar-refractivity contribution in [3.8, 4) is 0 Å². The summed E-state index contributed by atoms with van der Waals surface area (Å²) in [5.41, 5.74) is -0.194. The van der Waals surface area contributed by atoms with E-state index in [1.54, 1.807) is 6.21 Å². The Hall–Kier alpha value is -2.28. The van der Waals surface area contributed by atoms with E-state index < -0.39 is 17.4 Å². The quantitative estimate of drug-likeness (QED) is 0.912. The van der Waals surface area contributed by atoms with Crippen LogP contribution >= 0.6 is 0 Å². The first kappa shape index (κ1) is 17.5. The molecular weight excluding hydrogens is 318 g/mol. The van der Waals surface area contributed by atoms with Gasteiger partial charge in [0.25, 0.3) is 0 Å². The van der Waals surface area contributed by atoms with E-state index >= 15 is 0 Å². The molecule has 0 radical (unpaired) electrons. The van der Waals surface area contributed by atoms with Gasteiger partial charge in [-0.15, -0.1) is 10.2 Å². The van der Waals surface area contributed by atoms with E-state index in [1.807, 2.05) is 39.0 Å². The van der Waals surface area contributed by atoms with E-state index in [1.165, 1.54) is 5.56 Å². The second-order valence-electron chi connectivity index (χ2n) is 7.59. The van der Waals surface area contributed by atoms with E-state index in [2.05, 4.69) is 37.8 Å². The minimum atomic E-state index is -0.909. The third-order valence-corrected chi connectivity index (χ3v) is 4.36. The lowest BCUT2D eigenvalue weighted by molar-refractivity contribution is 0.0463. The van der Waals surface area contributed by atoms with Crippen LogP contribution in [0.15, 0.2) is 45.8 Å². The van der Waals surface area contributed by atoms with E-state index in [4.69, 9.17) is 4.74 Å². The highest BCUT2D eigenvalue weighted by Crippen LogP contribution is 2.31. The van der Waals surface area contributed by atoms with E-state index in [0.717, 1.165) is 26.1 Å². The number of nitrogens with zero attached hydrogens (tertiary/aromatic N) is 4. The fraction of sp³-hybridized carbons (Fsp3) is 0.556. The summed E-state index contributed by atoms with van der Waals surface area (Å²) < 4.78 is 5.38. The van der Waals surface area contributed by atoms with Gasteiger partial charge in [-0.05, 0) is 44.5 Å². The monoisotopic (exact) mass is 343 g/mol. The molecule has 1 amide bonds. The Labute approximate surface area is 148 Å². The Bertz CT molecular complexity index is 654. The van der Waals surface area contributed by atoms with Gasteiger partial charge in [-0.2, -0.15) is 0 Å². The van der Waals surface area contributed by atoms with Gasteiger partial charge in [0, 0.05) is 19.0 Å². The maximum absolute atomic E-state index is 12.2. The lowest BCUT2D eigenvalue weighted by Gasteiger charge is -2.30. The van der Waals surface area contributed by atoms with Crippen LogP contribution in [0.5, 0.6) is 0 Å². The Morgan fingerprint density at radius 1 is 1.36 bits per heavy atom. The number of alkyl carbamates (subject to hydrolysis) is 1. The topological polar surface area (TPSA) is 78.6 Å². The van der Waals surface area contributed by atoms with Crippen molar-refractivity contribution >= 4 is 12.3 Å². The molecule has 134 valence electrons. The molecule has 1 aromatic carbocycles. The first-order valence-corrected chi connectivity index (χ1v) is 8.60. The fourth-order valence-electron chi connectivity index (χ4n) is 3.23. The first-order valence-electron chi connectivity index (χ1n) is 8.60. The van der Waals surface area contributed by atoms with Crippen molar-refractivity contribution in [1.29, 1.82) is 0 Å². The molecule has 2 atom stereocenters. The van der Waals surface area contributed by atoms with Gasteiger partial charge in [0.05, 0.1) is 6.21 Å². The molecule has 0 bridgehead atoms. The van der Waals surface area contributed by atoms with Crippen molar-refractivity contribution in [2.24, 2.45) is 21.4 Å². The van der Waals surface area contributed by atoms with Gasteiger partial charge in [-0.3, -0.25) is 10.2 Å². The highest BCUT2D eigenvalue weighted by molar-refractivity contribution is 5.80. The first-order chi connectivity index (χ1) is 11.9. The number of benzene rings is 1. The Kier molecular flexibility index (Phi) is 4.85. The number of amides is 1. The molecule has 25 heavy (non-hydrogen) atoms. The molecule has 0 saturated carbocycles. The number of ether oxygens (including phenoxy) is 1. The van der Waals surface area contributed by atoms with Gasteiger partial charge in [0.2, 0.25) is 0 Å². The zero-order chi connectivity index (χ0) is 17.9. The zero-order valence-corrected chi connectivity index (χ0v) is 15.0. The lowest BCUT2D eigenvalue weighted by atomic mass is 9.93. The highest BCUT2D eigenvalue weighted by Gasteiger charge is 2.45. The predicted octanol–water partition coefficient (Wildman–Crippen LogP) is 3.18. The number of hydrogen-bond donors (Lipinski definition) is 1. The van der Waals surface area contributed by atoms with Crippen LogP contribution in [-0.4, -0.2) is 41.6 Å². The lowest BCUT2D eigenvalue weighted by Crippen LogP contribution is -2.54. The molecule has 1 aromatic rings. The number of rotatable bonds is 4. The average Bonchev–Trinajstić information content (AvgIpc) is 3.16. The van der Waals surface area contributed by atoms with Crippen LogP contribution in [0, 0.1) is 5.92 Å². The van der Waals surface area contributed by atoms with Gasteiger partial charge in [0.15, 0.2) is 5.66 Å². The number of carbonyl (C=O) groups excluding carboxylic acids is 1. The third kappa shape index (κ3) is 4.42. The molecule has 2 heterocycles. The zero-order valence-electron chi connectivity index (χ0n) is 15.0. The number of likely N-dealkylation sites (tertiary alicyclic amines) is 1. The molecule has 0 aliphatic carbocycles. The van der Waals surface area contributed by atoms with Gasteiger partial charge in [-0.1, -0.05) is 30.3 Å². The Morgan fingerprint density at radius 3 is 2.76 bits per heavy atom. The van der Waals surface area contributed by atoms with Crippen molar-refractivity contribution < 1.29 is 9.53 Å². The molecule has 2 aliphatic rings. The van der Waals surface area contributed by atoms with Crippen LogP contribution in [0.1, 0.15) is 32.8 Å². The predicted molar refractivity (Wildman–Crippen MR) is 95.3 cm³/mol. The summed E-state index contributed by atoms with van der Waals surface area (Å²) in [6, 6.07) is 10.4. The number of hydrogen-bond acceptors (Lipinski definition) is 6. The molecule has 7 nitrogen and oxygen atoms in total. The normalized spacial score (nSPS) is 26.1. The molecule has 7 heteroatoms. The SMILES string of the molecule is CC(C)(C)OC(=O)NC1(C2CCN(Cc3ccccc3)C2)C=NN=N1. The maximum atomic E-state index is 12.2. The molecule has 0 aromatic heterocycles. The van der Waals surface area contributed by atoms with Crippen LogP contribution < -0.4 is 5.32 Å². The average molecular weight is 343 g/mol. The summed E-state index contributed by atoms with van der Waals surface area (Å²) >= 11 is 0. The van der Waals surface area contributed by atoms with Crippen molar-refractivity contribution in [3.05, 3.63) is 35.9 Å². The smallest absolute Gasteiger partial charge is 0.409 e. The molecule has 3 rings (SSSR count). The Morgan fingerprint density at radius 2 is 2.12 bits per heavy atom. The summed E-state index contributed by atoms with van der Waals surface area (Å²) in [6.45, 7) is 8.15. The summed E-state index contributed by atoms with van der Waals surface area (Å²) in [5.74, 6) is 0.110. The molecule has 1 N–H and O–H groups in total. The molecule has 1 saturated heterocycles. The largest absolute Gasteiger partial charge is 0.444 e. The van der Waals surface area contributed by atoms with Crippen molar-refractivity contribution in [3.63, 3.8) is 0 Å². The second-order valence-corrected chi connectivity index (χ2v) is 7.59. The van der Waals surface area contributed by atoms with Crippen LogP contribution in [0.4, 0.5) is 4.79 Å². The van der Waals surface area contributed by atoms with Crippen molar-refractivity contribution in [1.82, 2.24) is 10.2 Å². The third-order valence-electron chi connectivity index (χ3n) is 4.36. The van der Waals surface area contributed by atoms with Crippen molar-refractivity contribution in [2.75, 3.05) is 13.1 Å². The molecule has 2 aliphatic heterocycles. The molecule has 0 spiro atoms. The fourth-order valence-corrected chi connectivity index (χ4v) is 3.23. The molecule has 2 unspecified atom stereocenters. The molecule has 1 fully saturated rings. The minimum absolute atomic E-state index is 0.110. The summed E-state index contributed by atoms with van der Waals surface area (Å²) in [4.78, 5) is 14.6. The minimum Gasteiger partial charge on any atom is -0.444 e. The van der Waals surface area contributed by atoms with Gasteiger partial charge in [0.1, 0.15) is 5.60 Å². The number of carbonyl (C=O) groups is 1. The van der Waals surface area contributed by atoms with Crippen LogP contribution in [-0.2, 0) is 11.3 Å². The standard InChI is InChI=1S/C18H25N5O2/c1-17(2,3)25-16(24)20-18(13-19-22-21-18)15-9-10-23(12-15)11-14-7-5-4-6-8-14/h4-8,13,15H,9-12H2,1-3H3,(H,20,24). The summed E-state index contributed by atoms with van der Waals surface area (Å²) in [7, 11) is 0. The maximum Gasteiger partial charge on any atom is 0.409 e. The Balaban J connectivity index is 1.65. The molecular formula is C18H25N5O2. The second kappa shape index (κ2) is 6.92. The van der Waals surface area contributed by atoms with Gasteiger partial charge < -0.3 is 4.74 Å². The van der Waals surface area contributed by atoms with E-state index in [9.17, 15) is 4.79 Å². The summed E-state index contributed by atoms with van der Waals surface area (Å²) in [5, 5.41) is 14.7.